The first-order chi connectivity index (χ1) is 12.6. The van der Waals surface area contributed by atoms with Crippen molar-refractivity contribution in [3.63, 3.8) is 0 Å². The predicted molar refractivity (Wildman–Crippen MR) is 95.3 cm³/mol. The Hall–Kier alpha value is -2.70. The average Bonchev–Trinajstić information content (AvgIpc) is 2.92. The number of benzene rings is 1. The van der Waals surface area contributed by atoms with Gasteiger partial charge in [-0.3, -0.25) is 9.59 Å². The molecule has 1 aliphatic heterocycles. The standard InChI is InChI=1S/C19H22FN3O3/c1-2-26-17-13-16(24)18(19(25)22-11-5-3-4-6-12-22)21-23(17)15-9-7-14(20)8-10-15/h7-10,13H,2-6,11-12H2,1H3. The van der Waals surface area contributed by atoms with Gasteiger partial charge in [0.2, 0.25) is 11.3 Å². The van der Waals surface area contributed by atoms with Crippen molar-refractivity contribution in [1.29, 1.82) is 0 Å². The van der Waals surface area contributed by atoms with Crippen molar-refractivity contribution in [1.82, 2.24) is 14.7 Å². The molecule has 1 fully saturated rings. The normalized spacial score (nSPS) is 14.8. The van der Waals surface area contributed by atoms with Crippen molar-refractivity contribution in [3.8, 4) is 11.6 Å². The number of likely N-dealkylation sites (tertiary alicyclic amines) is 1. The molecule has 0 saturated carbocycles. The Bertz CT molecular complexity index is 825. The number of hydrogen-bond acceptors (Lipinski definition) is 4. The molecule has 0 atom stereocenters. The number of carbonyl (C=O) groups excluding carboxylic acids is 1. The number of halogens is 1. The summed E-state index contributed by atoms with van der Waals surface area (Å²) in [5.41, 5.74) is -0.0968. The van der Waals surface area contributed by atoms with Crippen LogP contribution in [0.15, 0.2) is 35.1 Å². The average molecular weight is 359 g/mol. The second-order valence-electron chi connectivity index (χ2n) is 6.22. The molecule has 1 amide bonds. The third-order valence-corrected chi connectivity index (χ3v) is 4.36. The van der Waals surface area contributed by atoms with Gasteiger partial charge >= 0.3 is 0 Å². The summed E-state index contributed by atoms with van der Waals surface area (Å²) in [6, 6.07) is 6.90. The van der Waals surface area contributed by atoms with E-state index in [-0.39, 0.29) is 23.3 Å². The molecule has 2 heterocycles. The SMILES string of the molecule is CCOc1cc(=O)c(C(=O)N2CCCCCC2)nn1-c1ccc(F)cc1. The topological polar surface area (TPSA) is 64.4 Å². The first-order valence-corrected chi connectivity index (χ1v) is 8.92. The summed E-state index contributed by atoms with van der Waals surface area (Å²) in [6.45, 7) is 3.38. The summed E-state index contributed by atoms with van der Waals surface area (Å²) in [4.78, 5) is 27.0. The van der Waals surface area contributed by atoms with Crippen LogP contribution in [0.4, 0.5) is 4.39 Å². The van der Waals surface area contributed by atoms with Gasteiger partial charge in [0.1, 0.15) is 5.82 Å². The van der Waals surface area contributed by atoms with Gasteiger partial charge in [0.25, 0.3) is 5.91 Å². The van der Waals surface area contributed by atoms with Gasteiger partial charge < -0.3 is 9.64 Å². The van der Waals surface area contributed by atoms with Gasteiger partial charge in [-0.1, -0.05) is 12.8 Å². The van der Waals surface area contributed by atoms with E-state index >= 15 is 0 Å². The fraction of sp³-hybridized carbons (Fsp3) is 0.421. The van der Waals surface area contributed by atoms with Gasteiger partial charge in [-0.2, -0.15) is 5.10 Å². The largest absolute Gasteiger partial charge is 0.478 e. The van der Waals surface area contributed by atoms with E-state index in [1.165, 1.54) is 35.0 Å². The quantitative estimate of drug-likeness (QED) is 0.842. The first-order valence-electron chi connectivity index (χ1n) is 8.92. The minimum Gasteiger partial charge on any atom is -0.478 e. The molecule has 2 aromatic rings. The molecule has 0 bridgehead atoms. The summed E-state index contributed by atoms with van der Waals surface area (Å²) < 4.78 is 20.1. The van der Waals surface area contributed by atoms with E-state index in [4.69, 9.17) is 4.74 Å². The van der Waals surface area contributed by atoms with Crippen LogP contribution in [0.3, 0.4) is 0 Å². The van der Waals surface area contributed by atoms with Crippen LogP contribution in [0.5, 0.6) is 5.88 Å². The molecular weight excluding hydrogens is 337 g/mol. The number of rotatable bonds is 4. The molecule has 7 heteroatoms. The van der Waals surface area contributed by atoms with E-state index < -0.39 is 5.43 Å². The van der Waals surface area contributed by atoms with E-state index in [9.17, 15) is 14.0 Å². The lowest BCUT2D eigenvalue weighted by Gasteiger charge is -2.20. The highest BCUT2D eigenvalue weighted by Gasteiger charge is 2.23. The van der Waals surface area contributed by atoms with Crippen molar-refractivity contribution in [2.75, 3.05) is 19.7 Å². The Morgan fingerprint density at radius 1 is 1.15 bits per heavy atom. The fourth-order valence-corrected chi connectivity index (χ4v) is 3.03. The van der Waals surface area contributed by atoms with Gasteiger partial charge in [0, 0.05) is 13.1 Å². The highest BCUT2D eigenvalue weighted by atomic mass is 19.1. The molecule has 0 N–H and O–H groups in total. The van der Waals surface area contributed by atoms with Crippen molar-refractivity contribution in [2.24, 2.45) is 0 Å². The maximum atomic E-state index is 13.2. The van der Waals surface area contributed by atoms with Gasteiger partial charge in [0.15, 0.2) is 5.69 Å². The van der Waals surface area contributed by atoms with Gasteiger partial charge in [0.05, 0.1) is 18.4 Å². The Labute approximate surface area is 151 Å². The predicted octanol–water partition coefficient (Wildman–Crippen LogP) is 2.79. The number of nitrogens with zero attached hydrogens (tertiary/aromatic N) is 3. The number of carbonyl (C=O) groups is 1. The monoisotopic (exact) mass is 359 g/mol. The summed E-state index contributed by atoms with van der Waals surface area (Å²) in [7, 11) is 0. The lowest BCUT2D eigenvalue weighted by Crippen LogP contribution is -2.36. The second-order valence-corrected chi connectivity index (χ2v) is 6.22. The molecule has 0 radical (unpaired) electrons. The molecule has 0 spiro atoms. The highest BCUT2D eigenvalue weighted by Crippen LogP contribution is 2.17. The van der Waals surface area contributed by atoms with Crippen molar-refractivity contribution in [2.45, 2.75) is 32.6 Å². The van der Waals surface area contributed by atoms with Crippen LogP contribution in [-0.2, 0) is 0 Å². The molecule has 1 aromatic heterocycles. The summed E-state index contributed by atoms with van der Waals surface area (Å²) in [6.07, 6.45) is 4.02. The lowest BCUT2D eigenvalue weighted by atomic mass is 10.2. The van der Waals surface area contributed by atoms with Crippen LogP contribution in [0.25, 0.3) is 5.69 Å². The van der Waals surface area contributed by atoms with Crippen LogP contribution < -0.4 is 10.2 Å². The zero-order valence-corrected chi connectivity index (χ0v) is 14.8. The smallest absolute Gasteiger partial charge is 0.278 e. The van der Waals surface area contributed by atoms with Crippen molar-refractivity contribution in [3.05, 3.63) is 52.1 Å². The molecule has 1 aliphatic rings. The van der Waals surface area contributed by atoms with E-state index in [0.29, 0.717) is 25.4 Å². The van der Waals surface area contributed by atoms with Crippen LogP contribution in [0, 0.1) is 5.82 Å². The Morgan fingerprint density at radius 2 is 1.81 bits per heavy atom. The molecule has 0 unspecified atom stereocenters. The maximum Gasteiger partial charge on any atom is 0.278 e. The van der Waals surface area contributed by atoms with Crippen molar-refractivity contribution >= 4 is 5.91 Å². The minimum atomic E-state index is -0.471. The maximum absolute atomic E-state index is 13.2. The molecule has 6 nitrogen and oxygen atoms in total. The van der Waals surface area contributed by atoms with Crippen molar-refractivity contribution < 1.29 is 13.9 Å². The van der Waals surface area contributed by atoms with Crippen LogP contribution in [0.2, 0.25) is 0 Å². The fourth-order valence-electron chi connectivity index (χ4n) is 3.03. The Morgan fingerprint density at radius 3 is 2.42 bits per heavy atom. The third-order valence-electron chi connectivity index (χ3n) is 4.36. The zero-order chi connectivity index (χ0) is 18.5. The molecular formula is C19H22FN3O3. The lowest BCUT2D eigenvalue weighted by molar-refractivity contribution is 0.0752. The molecule has 3 rings (SSSR count). The number of amides is 1. The van der Waals surface area contributed by atoms with E-state index in [1.54, 1.807) is 11.8 Å². The van der Waals surface area contributed by atoms with Crippen LogP contribution in [-0.4, -0.2) is 40.3 Å². The number of ether oxygens (including phenoxy) is 1. The van der Waals surface area contributed by atoms with E-state index in [2.05, 4.69) is 5.10 Å². The van der Waals surface area contributed by atoms with Crippen LogP contribution in [0.1, 0.15) is 43.1 Å². The second kappa shape index (κ2) is 8.12. The Kier molecular flexibility index (Phi) is 5.65. The van der Waals surface area contributed by atoms with Gasteiger partial charge in [-0.15, -0.1) is 0 Å². The molecule has 1 aromatic carbocycles. The molecule has 138 valence electrons. The van der Waals surface area contributed by atoms with E-state index in [0.717, 1.165) is 25.7 Å². The molecule has 0 aliphatic carbocycles. The summed E-state index contributed by atoms with van der Waals surface area (Å²) in [5.74, 6) is -0.527. The summed E-state index contributed by atoms with van der Waals surface area (Å²) >= 11 is 0. The van der Waals surface area contributed by atoms with Gasteiger partial charge in [-0.05, 0) is 44.0 Å². The third kappa shape index (κ3) is 3.92. The Balaban J connectivity index is 2.03. The van der Waals surface area contributed by atoms with Crippen LogP contribution >= 0.6 is 0 Å². The molecule has 26 heavy (non-hydrogen) atoms. The summed E-state index contributed by atoms with van der Waals surface area (Å²) in [5, 5.41) is 4.26. The number of aromatic nitrogens is 2. The first kappa shape index (κ1) is 18.1. The zero-order valence-electron chi connectivity index (χ0n) is 14.8. The molecule has 1 saturated heterocycles. The minimum absolute atomic E-state index is 0.139. The highest BCUT2D eigenvalue weighted by molar-refractivity contribution is 5.92. The van der Waals surface area contributed by atoms with Gasteiger partial charge in [-0.25, -0.2) is 9.07 Å². The van der Waals surface area contributed by atoms with E-state index in [1.807, 2.05) is 0 Å². The number of hydrogen-bond donors (Lipinski definition) is 0.